The molecule has 3 rings (SSSR count). The average Bonchev–Trinajstić information content (AvgIpc) is 3.13. The standard InChI is InChI=1S/C20H29FN6O4/c1-4-25-20(29)26(23-22-25)12-11-24-10-9-16(19(13-24)30-3)14-31-27(15(2)28)18-8-6-5-7-17(18)21/h5-8,16,19H,4,9-14H2,1-3H3. The lowest BCUT2D eigenvalue weighted by molar-refractivity contribution is -0.126. The van der Waals surface area contributed by atoms with Crippen LogP contribution in [0.25, 0.3) is 0 Å². The molecular formula is C20H29FN6O4. The predicted molar refractivity (Wildman–Crippen MR) is 111 cm³/mol. The largest absolute Gasteiger partial charge is 0.380 e. The molecule has 2 aromatic rings. The van der Waals surface area contributed by atoms with Crippen LogP contribution < -0.4 is 10.8 Å². The van der Waals surface area contributed by atoms with E-state index in [-0.39, 0.29) is 30.0 Å². The molecule has 0 spiro atoms. The van der Waals surface area contributed by atoms with Gasteiger partial charge in [-0.15, -0.1) is 0 Å². The Hall–Kier alpha value is -2.63. The number of carbonyl (C=O) groups excluding carboxylic acids is 1. The number of rotatable bonds is 9. The molecular weight excluding hydrogens is 407 g/mol. The van der Waals surface area contributed by atoms with Gasteiger partial charge >= 0.3 is 5.69 Å². The Morgan fingerprint density at radius 3 is 2.65 bits per heavy atom. The zero-order valence-electron chi connectivity index (χ0n) is 18.1. The van der Waals surface area contributed by atoms with Crippen molar-refractivity contribution in [3.8, 4) is 0 Å². The summed E-state index contributed by atoms with van der Waals surface area (Å²) in [7, 11) is 1.64. The number of hydroxylamine groups is 1. The topological polar surface area (TPSA) is 94.7 Å². The summed E-state index contributed by atoms with van der Waals surface area (Å²) in [5, 5.41) is 8.72. The second-order valence-electron chi connectivity index (χ2n) is 7.48. The van der Waals surface area contributed by atoms with E-state index < -0.39 is 11.7 Å². The number of nitrogens with zero attached hydrogens (tertiary/aromatic N) is 6. The Morgan fingerprint density at radius 1 is 1.26 bits per heavy atom. The summed E-state index contributed by atoms with van der Waals surface area (Å²) in [6.07, 6.45) is 0.657. The fourth-order valence-electron chi connectivity index (χ4n) is 3.69. The van der Waals surface area contributed by atoms with Crippen molar-refractivity contribution < 1.29 is 18.8 Å². The third-order valence-corrected chi connectivity index (χ3v) is 5.48. The molecule has 2 atom stereocenters. The summed E-state index contributed by atoms with van der Waals surface area (Å²) < 4.78 is 22.4. The van der Waals surface area contributed by atoms with Gasteiger partial charge in [-0.05, 0) is 42.4 Å². The van der Waals surface area contributed by atoms with Gasteiger partial charge in [0.1, 0.15) is 11.5 Å². The molecule has 10 nitrogen and oxygen atoms in total. The first-order valence-corrected chi connectivity index (χ1v) is 10.4. The van der Waals surface area contributed by atoms with Crippen LogP contribution in [0.2, 0.25) is 0 Å². The van der Waals surface area contributed by atoms with Gasteiger partial charge in [0.15, 0.2) is 0 Å². The third kappa shape index (κ3) is 5.54. The lowest BCUT2D eigenvalue weighted by Gasteiger charge is -2.38. The maximum atomic E-state index is 14.1. The van der Waals surface area contributed by atoms with Gasteiger partial charge in [-0.1, -0.05) is 12.1 Å². The quantitative estimate of drug-likeness (QED) is 0.540. The van der Waals surface area contributed by atoms with E-state index in [9.17, 15) is 14.0 Å². The number of hydrogen-bond donors (Lipinski definition) is 0. The number of aryl methyl sites for hydroxylation is 1. The highest BCUT2D eigenvalue weighted by Gasteiger charge is 2.31. The first-order chi connectivity index (χ1) is 14.9. The van der Waals surface area contributed by atoms with Gasteiger partial charge in [-0.3, -0.25) is 14.5 Å². The fourth-order valence-corrected chi connectivity index (χ4v) is 3.69. The lowest BCUT2D eigenvalue weighted by atomic mass is 9.94. The molecule has 11 heteroatoms. The molecule has 0 bridgehead atoms. The number of hydrogen-bond acceptors (Lipinski definition) is 7. The molecule has 1 aromatic heterocycles. The van der Waals surface area contributed by atoms with Crippen molar-refractivity contribution in [3.63, 3.8) is 0 Å². The Bertz CT molecular complexity index is 932. The van der Waals surface area contributed by atoms with Crippen molar-refractivity contribution in [2.24, 2.45) is 5.92 Å². The van der Waals surface area contributed by atoms with Gasteiger partial charge in [0.25, 0.3) is 0 Å². The number of anilines is 1. The molecule has 1 fully saturated rings. The van der Waals surface area contributed by atoms with E-state index in [1.165, 1.54) is 28.4 Å². The zero-order valence-corrected chi connectivity index (χ0v) is 18.1. The molecule has 1 aliphatic rings. The van der Waals surface area contributed by atoms with E-state index in [4.69, 9.17) is 9.57 Å². The number of piperidine rings is 1. The molecule has 2 unspecified atom stereocenters. The van der Waals surface area contributed by atoms with Crippen LogP contribution in [0.15, 0.2) is 29.1 Å². The first-order valence-electron chi connectivity index (χ1n) is 10.4. The van der Waals surface area contributed by atoms with Crippen molar-refractivity contribution in [1.29, 1.82) is 0 Å². The van der Waals surface area contributed by atoms with Crippen molar-refractivity contribution in [2.45, 2.75) is 39.5 Å². The Labute approximate surface area is 180 Å². The highest BCUT2D eigenvalue weighted by molar-refractivity contribution is 5.89. The number of amides is 1. The summed E-state index contributed by atoms with van der Waals surface area (Å²) >= 11 is 0. The molecule has 0 N–H and O–H groups in total. The maximum Gasteiger partial charge on any atom is 0.363 e. The molecule has 31 heavy (non-hydrogen) atoms. The molecule has 170 valence electrons. The summed E-state index contributed by atoms with van der Waals surface area (Å²) in [4.78, 5) is 32.0. The summed E-state index contributed by atoms with van der Waals surface area (Å²) in [5.41, 5.74) is -0.126. The summed E-state index contributed by atoms with van der Waals surface area (Å²) in [6, 6.07) is 6.00. The number of halogens is 1. The van der Waals surface area contributed by atoms with E-state index in [1.807, 2.05) is 6.92 Å². The second-order valence-corrected chi connectivity index (χ2v) is 7.48. The number of para-hydroxylation sites is 1. The van der Waals surface area contributed by atoms with Gasteiger partial charge in [-0.25, -0.2) is 9.18 Å². The number of aromatic nitrogens is 4. The second kappa shape index (κ2) is 10.6. The summed E-state index contributed by atoms with van der Waals surface area (Å²) in [5.74, 6) is -0.883. The van der Waals surface area contributed by atoms with Crippen LogP contribution in [-0.2, 0) is 27.5 Å². The van der Waals surface area contributed by atoms with E-state index in [0.717, 1.165) is 18.0 Å². The highest BCUT2D eigenvalue weighted by Crippen LogP contribution is 2.24. The van der Waals surface area contributed by atoms with Crippen LogP contribution in [0.5, 0.6) is 0 Å². The Kier molecular flexibility index (Phi) is 7.88. The first kappa shape index (κ1) is 23.0. The minimum Gasteiger partial charge on any atom is -0.380 e. The molecule has 0 radical (unpaired) electrons. The fraction of sp³-hybridized carbons (Fsp3) is 0.600. The maximum absolute atomic E-state index is 14.1. The monoisotopic (exact) mass is 436 g/mol. The summed E-state index contributed by atoms with van der Waals surface area (Å²) in [6.45, 7) is 6.41. The number of tetrazole rings is 1. The predicted octanol–water partition coefficient (Wildman–Crippen LogP) is 0.920. The van der Waals surface area contributed by atoms with Crippen LogP contribution in [0.4, 0.5) is 10.1 Å². The zero-order chi connectivity index (χ0) is 22.4. The van der Waals surface area contributed by atoms with Crippen LogP contribution >= 0.6 is 0 Å². The van der Waals surface area contributed by atoms with Crippen LogP contribution in [-0.4, -0.2) is 70.1 Å². The molecule has 0 saturated carbocycles. The highest BCUT2D eigenvalue weighted by atomic mass is 19.1. The number of carbonyl (C=O) groups is 1. The molecule has 1 amide bonds. The number of ether oxygens (including phenoxy) is 1. The average molecular weight is 436 g/mol. The SMILES string of the molecule is CCn1nnn(CCN2CCC(CON(C(C)=O)c3ccccc3F)C(OC)C2)c1=O. The molecule has 1 saturated heterocycles. The minimum absolute atomic E-state index is 0.0403. The van der Waals surface area contributed by atoms with Gasteiger partial charge < -0.3 is 4.74 Å². The van der Waals surface area contributed by atoms with Gasteiger partial charge in [-0.2, -0.15) is 14.4 Å². The van der Waals surface area contributed by atoms with Crippen LogP contribution in [0.1, 0.15) is 20.3 Å². The minimum atomic E-state index is -0.522. The van der Waals surface area contributed by atoms with Gasteiger partial charge in [0.2, 0.25) is 5.91 Å². The smallest absolute Gasteiger partial charge is 0.363 e. The van der Waals surface area contributed by atoms with Gasteiger partial charge in [0.05, 0.1) is 19.3 Å². The van der Waals surface area contributed by atoms with E-state index in [0.29, 0.717) is 26.2 Å². The number of likely N-dealkylation sites (tertiary alicyclic amines) is 1. The molecule has 0 aliphatic carbocycles. The van der Waals surface area contributed by atoms with Crippen molar-refractivity contribution in [2.75, 3.05) is 38.4 Å². The van der Waals surface area contributed by atoms with E-state index >= 15 is 0 Å². The molecule has 1 aliphatic heterocycles. The normalized spacial score (nSPS) is 19.5. The van der Waals surface area contributed by atoms with Crippen LogP contribution in [0, 0.1) is 11.7 Å². The van der Waals surface area contributed by atoms with Crippen LogP contribution in [0.3, 0.4) is 0 Å². The Balaban J connectivity index is 1.55. The third-order valence-electron chi connectivity index (χ3n) is 5.48. The molecule has 1 aromatic carbocycles. The van der Waals surface area contributed by atoms with Crippen molar-refractivity contribution in [1.82, 2.24) is 24.7 Å². The number of benzene rings is 1. The van der Waals surface area contributed by atoms with Crippen molar-refractivity contribution >= 4 is 11.6 Å². The van der Waals surface area contributed by atoms with E-state index in [2.05, 4.69) is 15.3 Å². The molecule has 2 heterocycles. The number of methoxy groups -OCH3 is 1. The Morgan fingerprint density at radius 2 is 2.00 bits per heavy atom. The van der Waals surface area contributed by atoms with Gasteiger partial charge in [0, 0.05) is 39.6 Å². The van der Waals surface area contributed by atoms with E-state index in [1.54, 1.807) is 19.2 Å². The lowest BCUT2D eigenvalue weighted by Crippen LogP contribution is -2.48. The van der Waals surface area contributed by atoms with Crippen molar-refractivity contribution in [3.05, 3.63) is 40.6 Å².